The van der Waals surface area contributed by atoms with Crippen LogP contribution in [0.5, 0.6) is 0 Å². The van der Waals surface area contributed by atoms with Crippen LogP contribution in [0, 0.1) is 17.7 Å². The third kappa shape index (κ3) is 3.46. The third-order valence-corrected chi connectivity index (χ3v) is 3.60. The van der Waals surface area contributed by atoms with E-state index in [1.54, 1.807) is 6.92 Å². The van der Waals surface area contributed by atoms with Gasteiger partial charge in [0.1, 0.15) is 0 Å². The monoisotopic (exact) mass is 267 g/mol. The number of rotatable bonds is 4. The molecule has 0 unspecified atom stereocenters. The number of methoxy groups -OCH3 is 2. The van der Waals surface area contributed by atoms with Crippen LogP contribution >= 0.6 is 0 Å². The highest BCUT2D eigenvalue weighted by molar-refractivity contribution is 5.95. The molecule has 1 aliphatic rings. The van der Waals surface area contributed by atoms with Crippen LogP contribution in [0.2, 0.25) is 0 Å². The van der Waals surface area contributed by atoms with Gasteiger partial charge in [-0.25, -0.2) is 0 Å². The first-order valence-corrected chi connectivity index (χ1v) is 6.26. The van der Waals surface area contributed by atoms with Gasteiger partial charge in [0.25, 0.3) is 0 Å². The maximum atomic E-state index is 11.9. The molecule has 1 aliphatic carbocycles. The first kappa shape index (κ1) is 13.8. The van der Waals surface area contributed by atoms with E-state index in [4.69, 9.17) is 1.37 Å². The standard InChI is InChI=1S/C15H22O4/c1-9(2)11-7-6-10(3)12(8-11)13(14(16)18-4)15(17)19-5/h6,11-13H,1,7-8H2,2-5H3/t11-,12-/m1/s1/i12D. The van der Waals surface area contributed by atoms with E-state index in [0.717, 1.165) is 12.0 Å². The van der Waals surface area contributed by atoms with Gasteiger partial charge in [-0.3, -0.25) is 9.59 Å². The lowest BCUT2D eigenvalue weighted by Crippen LogP contribution is -2.36. The third-order valence-electron chi connectivity index (χ3n) is 3.60. The van der Waals surface area contributed by atoms with E-state index in [1.807, 2.05) is 13.0 Å². The molecule has 0 fully saturated rings. The molecular formula is C15H22O4. The van der Waals surface area contributed by atoms with E-state index in [9.17, 15) is 9.59 Å². The molecule has 0 aromatic rings. The van der Waals surface area contributed by atoms with Gasteiger partial charge in [-0.1, -0.05) is 23.8 Å². The molecule has 0 aliphatic heterocycles. The predicted octanol–water partition coefficient (Wildman–Crippen LogP) is 2.50. The molecule has 0 N–H and O–H groups in total. The number of esters is 2. The summed E-state index contributed by atoms with van der Waals surface area (Å²) in [6.45, 7) is 7.57. The highest BCUT2D eigenvalue weighted by Crippen LogP contribution is 2.37. The SMILES string of the molecule is [2H][C@@]1(C(C(=O)OC)C(=O)OC)C[C@H](C(=C)C)CC=C1C. The van der Waals surface area contributed by atoms with Gasteiger partial charge in [-0.2, -0.15) is 0 Å². The Labute approximate surface area is 115 Å². The van der Waals surface area contributed by atoms with Crippen molar-refractivity contribution in [3.8, 4) is 0 Å². The number of carbonyl (C=O) groups excluding carboxylic acids is 2. The lowest BCUT2D eigenvalue weighted by atomic mass is 9.73. The lowest BCUT2D eigenvalue weighted by Gasteiger charge is -2.32. The molecule has 0 heterocycles. The second kappa shape index (κ2) is 6.55. The molecule has 0 saturated carbocycles. The molecular weight excluding hydrogens is 244 g/mol. The molecule has 0 aromatic heterocycles. The molecule has 1 rings (SSSR count). The summed E-state index contributed by atoms with van der Waals surface area (Å²) < 4.78 is 18.0. The van der Waals surface area contributed by atoms with Gasteiger partial charge in [0.2, 0.25) is 0 Å². The van der Waals surface area contributed by atoms with Crippen molar-refractivity contribution in [3.05, 3.63) is 23.8 Å². The first-order chi connectivity index (χ1) is 9.27. The number of carbonyl (C=O) groups is 2. The van der Waals surface area contributed by atoms with E-state index < -0.39 is 23.8 Å². The predicted molar refractivity (Wildman–Crippen MR) is 72.3 cm³/mol. The summed E-state index contributed by atoms with van der Waals surface area (Å²) in [5.41, 5.74) is 1.63. The molecule has 19 heavy (non-hydrogen) atoms. The first-order valence-electron chi connectivity index (χ1n) is 6.76. The summed E-state index contributed by atoms with van der Waals surface area (Å²) in [5.74, 6) is -4.00. The highest BCUT2D eigenvalue weighted by Gasteiger charge is 2.40. The Morgan fingerprint density at radius 1 is 1.42 bits per heavy atom. The van der Waals surface area contributed by atoms with Crippen molar-refractivity contribution in [2.24, 2.45) is 17.7 Å². The molecule has 0 bridgehead atoms. The van der Waals surface area contributed by atoms with Gasteiger partial charge in [0, 0.05) is 7.26 Å². The van der Waals surface area contributed by atoms with Crippen molar-refractivity contribution in [1.29, 1.82) is 0 Å². The van der Waals surface area contributed by atoms with E-state index in [2.05, 4.69) is 16.1 Å². The average Bonchev–Trinajstić information content (AvgIpc) is 2.41. The summed E-state index contributed by atoms with van der Waals surface area (Å²) in [6, 6.07) is 0. The fourth-order valence-electron chi connectivity index (χ4n) is 2.30. The van der Waals surface area contributed by atoms with Gasteiger partial charge < -0.3 is 9.47 Å². The van der Waals surface area contributed by atoms with Crippen LogP contribution in [0.25, 0.3) is 0 Å². The fourth-order valence-corrected chi connectivity index (χ4v) is 2.30. The van der Waals surface area contributed by atoms with Crippen LogP contribution in [0.1, 0.15) is 28.1 Å². The molecule has 4 heteroatoms. The zero-order chi connectivity index (χ0) is 15.5. The minimum Gasteiger partial charge on any atom is -0.468 e. The van der Waals surface area contributed by atoms with Gasteiger partial charge in [0.15, 0.2) is 5.92 Å². The molecule has 0 amide bonds. The number of hydrogen-bond donors (Lipinski definition) is 0. The van der Waals surface area contributed by atoms with Crippen molar-refractivity contribution >= 4 is 11.9 Å². The molecule has 0 spiro atoms. The summed E-state index contributed by atoms with van der Waals surface area (Å²) >= 11 is 0. The average molecular weight is 267 g/mol. The smallest absolute Gasteiger partial charge is 0.320 e. The van der Waals surface area contributed by atoms with Crippen LogP contribution in [0.3, 0.4) is 0 Å². The molecule has 0 aromatic carbocycles. The Morgan fingerprint density at radius 3 is 2.37 bits per heavy atom. The molecule has 106 valence electrons. The number of ether oxygens (including phenoxy) is 2. The molecule has 0 saturated heterocycles. The van der Waals surface area contributed by atoms with Crippen molar-refractivity contribution in [2.75, 3.05) is 14.2 Å². The van der Waals surface area contributed by atoms with E-state index in [-0.39, 0.29) is 5.92 Å². The summed E-state index contributed by atoms with van der Waals surface area (Å²) in [6.07, 6.45) is 3.03. The van der Waals surface area contributed by atoms with Crippen LogP contribution in [-0.4, -0.2) is 26.2 Å². The van der Waals surface area contributed by atoms with Gasteiger partial charge in [-0.05, 0) is 32.6 Å². The van der Waals surface area contributed by atoms with Crippen molar-refractivity contribution in [1.82, 2.24) is 0 Å². The number of allylic oxidation sites excluding steroid dienone is 3. The Balaban J connectivity index is 3.23. The van der Waals surface area contributed by atoms with Crippen molar-refractivity contribution in [3.63, 3.8) is 0 Å². The normalized spacial score (nSPS) is 27.3. The summed E-state index contributed by atoms with van der Waals surface area (Å²) in [7, 11) is 2.42. The maximum absolute atomic E-state index is 11.9. The van der Waals surface area contributed by atoms with Crippen LogP contribution in [0.4, 0.5) is 0 Å². The van der Waals surface area contributed by atoms with E-state index in [0.29, 0.717) is 12.0 Å². The van der Waals surface area contributed by atoms with Gasteiger partial charge >= 0.3 is 11.9 Å². The van der Waals surface area contributed by atoms with E-state index in [1.165, 1.54) is 14.2 Å². The van der Waals surface area contributed by atoms with Crippen LogP contribution in [0.15, 0.2) is 23.8 Å². The Kier molecular flexibility index (Phi) is 4.77. The second-order valence-electron chi connectivity index (χ2n) is 4.87. The Morgan fingerprint density at radius 2 is 1.95 bits per heavy atom. The lowest BCUT2D eigenvalue weighted by molar-refractivity contribution is -0.161. The van der Waals surface area contributed by atoms with Gasteiger partial charge in [0.05, 0.1) is 14.2 Å². The minimum atomic E-state index is -1.35. The van der Waals surface area contributed by atoms with E-state index >= 15 is 0 Å². The van der Waals surface area contributed by atoms with Crippen LogP contribution in [-0.2, 0) is 19.1 Å². The molecule has 2 atom stereocenters. The van der Waals surface area contributed by atoms with Crippen molar-refractivity contribution < 1.29 is 20.4 Å². The quantitative estimate of drug-likeness (QED) is 0.446. The van der Waals surface area contributed by atoms with Crippen molar-refractivity contribution in [2.45, 2.75) is 26.7 Å². The molecule has 4 nitrogen and oxygen atoms in total. The summed E-state index contributed by atoms with van der Waals surface area (Å²) in [4.78, 5) is 23.9. The fraction of sp³-hybridized carbons (Fsp3) is 0.600. The minimum absolute atomic E-state index is 0.0769. The summed E-state index contributed by atoms with van der Waals surface area (Å²) in [5, 5.41) is 0. The topological polar surface area (TPSA) is 52.6 Å². The second-order valence-corrected chi connectivity index (χ2v) is 4.87. The maximum Gasteiger partial charge on any atom is 0.320 e. The highest BCUT2D eigenvalue weighted by atomic mass is 16.5. The Bertz CT molecular complexity index is 439. The van der Waals surface area contributed by atoms with Gasteiger partial charge in [-0.15, -0.1) is 0 Å². The zero-order valence-electron chi connectivity index (χ0n) is 13.0. The zero-order valence-corrected chi connectivity index (χ0v) is 12.0. The largest absolute Gasteiger partial charge is 0.468 e. The number of hydrogen-bond acceptors (Lipinski definition) is 4. The Hall–Kier alpha value is -1.58. The molecule has 0 radical (unpaired) electrons. The van der Waals surface area contributed by atoms with Crippen LogP contribution < -0.4 is 0 Å².